The van der Waals surface area contributed by atoms with Crippen molar-refractivity contribution in [3.63, 3.8) is 0 Å². The third-order valence-corrected chi connectivity index (χ3v) is 4.01. The SMILES string of the molecule is CCC1NC(=O)CCN(c2cc(Br)c(F)cc2C)C1=O. The first-order valence-corrected chi connectivity index (χ1v) is 7.29. The summed E-state index contributed by atoms with van der Waals surface area (Å²) in [7, 11) is 0. The fraction of sp³-hybridized carbons (Fsp3) is 0.429. The molecule has 1 aliphatic rings. The van der Waals surface area contributed by atoms with E-state index in [-0.39, 0.29) is 24.1 Å². The summed E-state index contributed by atoms with van der Waals surface area (Å²) in [5, 5.41) is 2.71. The third kappa shape index (κ3) is 2.85. The van der Waals surface area contributed by atoms with Gasteiger partial charge in [-0.1, -0.05) is 6.92 Å². The molecule has 0 bridgehead atoms. The van der Waals surface area contributed by atoms with Crippen molar-refractivity contribution in [2.75, 3.05) is 11.4 Å². The van der Waals surface area contributed by atoms with E-state index in [1.54, 1.807) is 17.9 Å². The van der Waals surface area contributed by atoms with Gasteiger partial charge in [0.25, 0.3) is 0 Å². The summed E-state index contributed by atoms with van der Waals surface area (Å²) in [5.41, 5.74) is 1.31. The molecule has 0 aliphatic carbocycles. The molecule has 0 saturated carbocycles. The molecule has 0 spiro atoms. The summed E-state index contributed by atoms with van der Waals surface area (Å²) >= 11 is 3.13. The number of carbonyl (C=O) groups excluding carboxylic acids is 2. The predicted octanol–water partition coefficient (Wildman–Crippen LogP) is 2.53. The Bertz CT molecular complexity index is 562. The number of anilines is 1. The zero-order valence-electron chi connectivity index (χ0n) is 11.4. The lowest BCUT2D eigenvalue weighted by Gasteiger charge is -2.25. The summed E-state index contributed by atoms with van der Waals surface area (Å²) in [6.07, 6.45) is 0.777. The van der Waals surface area contributed by atoms with Crippen molar-refractivity contribution in [3.8, 4) is 0 Å². The van der Waals surface area contributed by atoms with Gasteiger partial charge in [-0.15, -0.1) is 0 Å². The van der Waals surface area contributed by atoms with Gasteiger partial charge >= 0.3 is 0 Å². The van der Waals surface area contributed by atoms with Crippen LogP contribution < -0.4 is 10.2 Å². The zero-order chi connectivity index (χ0) is 14.9. The molecule has 4 nitrogen and oxygen atoms in total. The maximum absolute atomic E-state index is 13.5. The number of rotatable bonds is 2. The van der Waals surface area contributed by atoms with E-state index in [4.69, 9.17) is 0 Å². The normalized spacial score (nSPS) is 19.8. The molecule has 1 fully saturated rings. The fourth-order valence-electron chi connectivity index (χ4n) is 2.28. The first kappa shape index (κ1) is 15.0. The Labute approximate surface area is 125 Å². The first-order valence-electron chi connectivity index (χ1n) is 6.50. The van der Waals surface area contributed by atoms with Crippen LogP contribution in [0.25, 0.3) is 0 Å². The van der Waals surface area contributed by atoms with Crippen LogP contribution in [0.4, 0.5) is 10.1 Å². The molecule has 2 rings (SSSR count). The molecule has 1 N–H and O–H groups in total. The highest BCUT2D eigenvalue weighted by Crippen LogP contribution is 2.28. The van der Waals surface area contributed by atoms with E-state index in [1.807, 2.05) is 6.92 Å². The van der Waals surface area contributed by atoms with Crippen LogP contribution >= 0.6 is 15.9 Å². The minimum atomic E-state index is -0.520. The van der Waals surface area contributed by atoms with E-state index in [0.29, 0.717) is 28.7 Å². The second-order valence-corrected chi connectivity index (χ2v) is 5.68. The Kier molecular flexibility index (Phi) is 4.42. The van der Waals surface area contributed by atoms with Crippen molar-refractivity contribution in [2.45, 2.75) is 32.7 Å². The largest absolute Gasteiger partial charge is 0.344 e. The van der Waals surface area contributed by atoms with E-state index < -0.39 is 6.04 Å². The number of halogens is 2. The minimum Gasteiger partial charge on any atom is -0.344 e. The van der Waals surface area contributed by atoms with Gasteiger partial charge in [0.2, 0.25) is 11.8 Å². The van der Waals surface area contributed by atoms with E-state index in [1.165, 1.54) is 6.07 Å². The summed E-state index contributed by atoms with van der Waals surface area (Å²) < 4.78 is 13.8. The molecule has 108 valence electrons. The van der Waals surface area contributed by atoms with Crippen LogP contribution in [-0.2, 0) is 9.59 Å². The fourth-order valence-corrected chi connectivity index (χ4v) is 2.61. The highest BCUT2D eigenvalue weighted by atomic mass is 79.9. The molecule has 6 heteroatoms. The second-order valence-electron chi connectivity index (χ2n) is 4.82. The molecule has 20 heavy (non-hydrogen) atoms. The highest BCUT2D eigenvalue weighted by molar-refractivity contribution is 9.10. The van der Waals surface area contributed by atoms with E-state index in [9.17, 15) is 14.0 Å². The second kappa shape index (κ2) is 5.91. The lowest BCUT2D eigenvalue weighted by molar-refractivity contribution is -0.125. The van der Waals surface area contributed by atoms with Crippen molar-refractivity contribution >= 4 is 33.4 Å². The van der Waals surface area contributed by atoms with Crippen LogP contribution in [0, 0.1) is 12.7 Å². The van der Waals surface area contributed by atoms with Crippen molar-refractivity contribution in [2.24, 2.45) is 0 Å². The van der Waals surface area contributed by atoms with Crippen molar-refractivity contribution in [1.29, 1.82) is 0 Å². The third-order valence-electron chi connectivity index (χ3n) is 3.40. The summed E-state index contributed by atoms with van der Waals surface area (Å²) in [6, 6.07) is 2.45. The van der Waals surface area contributed by atoms with E-state index in [0.717, 1.165) is 0 Å². The molecule has 1 unspecified atom stereocenters. The van der Waals surface area contributed by atoms with E-state index >= 15 is 0 Å². The number of amides is 2. The van der Waals surface area contributed by atoms with Crippen molar-refractivity contribution in [1.82, 2.24) is 5.32 Å². The quantitative estimate of drug-likeness (QED) is 0.897. The topological polar surface area (TPSA) is 49.4 Å². The van der Waals surface area contributed by atoms with Crippen LogP contribution in [0.2, 0.25) is 0 Å². The molecule has 1 aromatic rings. The van der Waals surface area contributed by atoms with Gasteiger partial charge in [-0.3, -0.25) is 9.59 Å². The Morgan fingerprint density at radius 3 is 2.80 bits per heavy atom. The van der Waals surface area contributed by atoms with Gasteiger partial charge in [-0.25, -0.2) is 4.39 Å². The molecule has 1 heterocycles. The number of nitrogens with one attached hydrogen (secondary N) is 1. The lowest BCUT2D eigenvalue weighted by atomic mass is 10.1. The molecule has 0 aromatic heterocycles. The van der Waals surface area contributed by atoms with Gasteiger partial charge < -0.3 is 10.2 Å². The monoisotopic (exact) mass is 342 g/mol. The molecular weight excluding hydrogens is 327 g/mol. The lowest BCUT2D eigenvalue weighted by Crippen LogP contribution is -2.44. The van der Waals surface area contributed by atoms with Crippen LogP contribution in [0.15, 0.2) is 16.6 Å². The van der Waals surface area contributed by atoms with E-state index in [2.05, 4.69) is 21.2 Å². The predicted molar refractivity (Wildman–Crippen MR) is 78.0 cm³/mol. The average Bonchev–Trinajstić information content (AvgIpc) is 2.54. The van der Waals surface area contributed by atoms with Gasteiger partial charge in [0.1, 0.15) is 11.9 Å². The maximum Gasteiger partial charge on any atom is 0.249 e. The molecule has 1 aromatic carbocycles. The van der Waals surface area contributed by atoms with Gasteiger partial charge in [-0.2, -0.15) is 0 Å². The van der Waals surface area contributed by atoms with Gasteiger partial charge in [0, 0.05) is 18.7 Å². The van der Waals surface area contributed by atoms with Crippen molar-refractivity contribution in [3.05, 3.63) is 28.0 Å². The average molecular weight is 343 g/mol. The van der Waals surface area contributed by atoms with Gasteiger partial charge in [0.15, 0.2) is 0 Å². The number of aryl methyl sites for hydroxylation is 1. The maximum atomic E-state index is 13.5. The number of hydrogen-bond donors (Lipinski definition) is 1. The molecule has 1 saturated heterocycles. The van der Waals surface area contributed by atoms with Crippen LogP contribution in [-0.4, -0.2) is 24.4 Å². The number of benzene rings is 1. The zero-order valence-corrected chi connectivity index (χ0v) is 13.0. The van der Waals surface area contributed by atoms with Gasteiger partial charge in [0.05, 0.1) is 4.47 Å². The highest BCUT2D eigenvalue weighted by Gasteiger charge is 2.30. The van der Waals surface area contributed by atoms with Gasteiger partial charge in [-0.05, 0) is 47.0 Å². The summed E-state index contributed by atoms with van der Waals surface area (Å²) in [4.78, 5) is 25.7. The Hall–Kier alpha value is -1.43. The van der Waals surface area contributed by atoms with Crippen LogP contribution in [0.5, 0.6) is 0 Å². The molecule has 2 amide bonds. The number of hydrogen-bond acceptors (Lipinski definition) is 2. The smallest absolute Gasteiger partial charge is 0.249 e. The van der Waals surface area contributed by atoms with Crippen molar-refractivity contribution < 1.29 is 14.0 Å². The van der Waals surface area contributed by atoms with Crippen LogP contribution in [0.3, 0.4) is 0 Å². The Balaban J connectivity index is 2.42. The number of nitrogens with zero attached hydrogens (tertiary/aromatic N) is 1. The first-order chi connectivity index (χ1) is 9.43. The standard InChI is InChI=1S/C14H16BrFN2O2/c1-3-11-14(20)18(5-4-13(19)17-11)12-7-9(15)10(16)6-8(12)2/h6-7,11H,3-5H2,1-2H3,(H,17,19). The number of carbonyl (C=O) groups is 2. The molecule has 1 aliphatic heterocycles. The summed E-state index contributed by atoms with van der Waals surface area (Å²) in [5.74, 6) is -0.652. The summed E-state index contributed by atoms with van der Waals surface area (Å²) in [6.45, 7) is 3.90. The molecular formula is C14H16BrFN2O2. The Morgan fingerprint density at radius 2 is 2.15 bits per heavy atom. The molecule has 1 atom stereocenters. The van der Waals surface area contributed by atoms with Crippen LogP contribution in [0.1, 0.15) is 25.3 Å². The Morgan fingerprint density at radius 1 is 1.45 bits per heavy atom. The molecule has 0 radical (unpaired) electrons. The minimum absolute atomic E-state index is 0.133.